The van der Waals surface area contributed by atoms with Crippen LogP contribution in [0.25, 0.3) is 0 Å². The summed E-state index contributed by atoms with van der Waals surface area (Å²) >= 11 is 5.90. The maximum Gasteiger partial charge on any atom is 0.313 e. The molecule has 2 rings (SSSR count). The van der Waals surface area contributed by atoms with Gasteiger partial charge in [-0.2, -0.15) is 0 Å². The Morgan fingerprint density at radius 3 is 2.39 bits per heavy atom. The molecule has 0 unspecified atom stereocenters. The summed E-state index contributed by atoms with van der Waals surface area (Å²) in [6, 6.07) is 7.57. The maximum atomic E-state index is 12.0. The van der Waals surface area contributed by atoms with Gasteiger partial charge in [-0.15, -0.1) is 0 Å². The Balaban J connectivity index is 2.23. The van der Waals surface area contributed by atoms with Crippen LogP contribution in [-0.2, 0) is 9.53 Å². The van der Waals surface area contributed by atoms with E-state index in [-0.39, 0.29) is 11.9 Å². The Labute approximate surface area is 113 Å². The third-order valence-electron chi connectivity index (χ3n) is 3.81. The van der Waals surface area contributed by atoms with Crippen molar-refractivity contribution < 1.29 is 9.53 Å². The molecule has 3 heteroatoms. The van der Waals surface area contributed by atoms with Gasteiger partial charge in [0.05, 0.1) is 13.0 Å². The first-order chi connectivity index (χ1) is 8.72. The van der Waals surface area contributed by atoms with Gasteiger partial charge in [0.2, 0.25) is 0 Å². The fourth-order valence-electron chi connectivity index (χ4n) is 2.87. The zero-order chi connectivity index (χ0) is 13.0. The molecule has 1 fully saturated rings. The van der Waals surface area contributed by atoms with Crippen LogP contribution in [0.3, 0.4) is 0 Å². The fraction of sp³-hybridized carbons (Fsp3) is 0.533. The van der Waals surface area contributed by atoms with Gasteiger partial charge in [0.1, 0.15) is 0 Å². The Bertz CT molecular complexity index is 393. The van der Waals surface area contributed by atoms with Crippen molar-refractivity contribution in [3.63, 3.8) is 0 Å². The number of carbonyl (C=O) groups is 1. The van der Waals surface area contributed by atoms with Crippen LogP contribution in [0.4, 0.5) is 0 Å². The molecule has 1 saturated carbocycles. The summed E-state index contributed by atoms with van der Waals surface area (Å²) in [7, 11) is 1.47. The summed E-state index contributed by atoms with van der Waals surface area (Å²) in [6.07, 6.45) is 5.94. The van der Waals surface area contributed by atoms with Crippen molar-refractivity contribution in [1.29, 1.82) is 0 Å². The van der Waals surface area contributed by atoms with E-state index < -0.39 is 0 Å². The second-order valence-electron chi connectivity index (χ2n) is 4.95. The van der Waals surface area contributed by atoms with Crippen LogP contribution in [-0.4, -0.2) is 13.1 Å². The predicted molar refractivity (Wildman–Crippen MR) is 72.8 cm³/mol. The SMILES string of the molecule is COC(=O)[C@@H](c1ccc(Cl)cc1)C1CCCCC1. The number of esters is 1. The zero-order valence-corrected chi connectivity index (χ0v) is 11.5. The van der Waals surface area contributed by atoms with Crippen LogP contribution in [0.2, 0.25) is 5.02 Å². The fourth-order valence-corrected chi connectivity index (χ4v) is 2.99. The van der Waals surface area contributed by atoms with Crippen molar-refractivity contribution in [2.24, 2.45) is 5.92 Å². The Morgan fingerprint density at radius 2 is 1.83 bits per heavy atom. The number of hydrogen-bond acceptors (Lipinski definition) is 2. The smallest absolute Gasteiger partial charge is 0.313 e. The first-order valence-electron chi connectivity index (χ1n) is 6.55. The molecular formula is C15H19ClO2. The number of ether oxygens (including phenoxy) is 1. The van der Waals surface area contributed by atoms with Crippen molar-refractivity contribution in [1.82, 2.24) is 0 Å². The van der Waals surface area contributed by atoms with Gasteiger partial charge in [-0.3, -0.25) is 4.79 Å². The summed E-state index contributed by atoms with van der Waals surface area (Å²) in [5.74, 6) is 0.157. The lowest BCUT2D eigenvalue weighted by molar-refractivity contribution is -0.144. The molecule has 0 aliphatic heterocycles. The summed E-state index contributed by atoms with van der Waals surface area (Å²) in [4.78, 5) is 12.0. The van der Waals surface area contributed by atoms with E-state index in [1.54, 1.807) is 0 Å². The highest BCUT2D eigenvalue weighted by Crippen LogP contribution is 2.37. The molecule has 0 bridgehead atoms. The molecule has 0 spiro atoms. The van der Waals surface area contributed by atoms with E-state index in [9.17, 15) is 4.79 Å². The number of carbonyl (C=O) groups excluding carboxylic acids is 1. The Hall–Kier alpha value is -1.02. The third-order valence-corrected chi connectivity index (χ3v) is 4.06. The third kappa shape index (κ3) is 3.05. The molecule has 0 aromatic heterocycles. The predicted octanol–water partition coefficient (Wildman–Crippen LogP) is 4.18. The number of benzene rings is 1. The van der Waals surface area contributed by atoms with Crippen molar-refractivity contribution in [2.45, 2.75) is 38.0 Å². The molecule has 0 radical (unpaired) electrons. The van der Waals surface area contributed by atoms with Gasteiger partial charge in [-0.1, -0.05) is 43.0 Å². The van der Waals surface area contributed by atoms with E-state index in [0.717, 1.165) is 18.4 Å². The molecule has 18 heavy (non-hydrogen) atoms. The van der Waals surface area contributed by atoms with Crippen LogP contribution in [0.5, 0.6) is 0 Å². The highest BCUT2D eigenvalue weighted by atomic mass is 35.5. The second-order valence-corrected chi connectivity index (χ2v) is 5.39. The average Bonchev–Trinajstić information content (AvgIpc) is 2.42. The van der Waals surface area contributed by atoms with Gasteiger partial charge >= 0.3 is 5.97 Å². The molecule has 1 aliphatic carbocycles. The van der Waals surface area contributed by atoms with Crippen LogP contribution >= 0.6 is 11.6 Å². The van der Waals surface area contributed by atoms with Gasteiger partial charge < -0.3 is 4.74 Å². The largest absolute Gasteiger partial charge is 0.469 e. The highest BCUT2D eigenvalue weighted by molar-refractivity contribution is 6.30. The van der Waals surface area contributed by atoms with E-state index in [2.05, 4.69) is 0 Å². The minimum atomic E-state index is -0.132. The van der Waals surface area contributed by atoms with Crippen LogP contribution in [0.15, 0.2) is 24.3 Å². The molecular weight excluding hydrogens is 248 g/mol. The molecule has 0 N–H and O–H groups in total. The lowest BCUT2D eigenvalue weighted by Gasteiger charge is -2.28. The van der Waals surface area contributed by atoms with Gasteiger partial charge in [0.25, 0.3) is 0 Å². The first-order valence-corrected chi connectivity index (χ1v) is 6.93. The molecule has 1 atom stereocenters. The molecule has 98 valence electrons. The quantitative estimate of drug-likeness (QED) is 0.768. The van der Waals surface area contributed by atoms with Gasteiger partial charge in [-0.25, -0.2) is 0 Å². The molecule has 0 saturated heterocycles. The van der Waals surface area contributed by atoms with Crippen LogP contribution in [0.1, 0.15) is 43.6 Å². The second kappa shape index (κ2) is 6.24. The first kappa shape index (κ1) is 13.4. The Morgan fingerprint density at radius 1 is 1.22 bits per heavy atom. The van der Waals surface area contributed by atoms with E-state index in [1.807, 2.05) is 24.3 Å². The van der Waals surface area contributed by atoms with E-state index in [0.29, 0.717) is 10.9 Å². The van der Waals surface area contributed by atoms with Crippen LogP contribution in [0, 0.1) is 5.92 Å². The molecule has 0 amide bonds. The van der Waals surface area contributed by atoms with Gasteiger partial charge in [-0.05, 0) is 36.5 Å². The lowest BCUT2D eigenvalue weighted by Crippen LogP contribution is -2.25. The van der Waals surface area contributed by atoms with Crippen molar-refractivity contribution in [3.05, 3.63) is 34.9 Å². The average molecular weight is 267 g/mol. The number of methoxy groups -OCH3 is 1. The molecule has 1 aliphatic rings. The lowest BCUT2D eigenvalue weighted by atomic mass is 9.77. The minimum Gasteiger partial charge on any atom is -0.469 e. The topological polar surface area (TPSA) is 26.3 Å². The maximum absolute atomic E-state index is 12.0. The van der Waals surface area contributed by atoms with Crippen LogP contribution < -0.4 is 0 Å². The van der Waals surface area contributed by atoms with E-state index in [1.165, 1.54) is 26.4 Å². The molecule has 2 nitrogen and oxygen atoms in total. The zero-order valence-electron chi connectivity index (χ0n) is 10.7. The van der Waals surface area contributed by atoms with Crippen molar-refractivity contribution >= 4 is 17.6 Å². The highest BCUT2D eigenvalue weighted by Gasteiger charge is 2.31. The standard InChI is InChI=1S/C15H19ClO2/c1-18-15(17)14(11-5-3-2-4-6-11)12-7-9-13(16)10-8-12/h7-11,14H,2-6H2,1H3/t14-/m1/s1. The summed E-state index contributed by atoms with van der Waals surface area (Å²) in [5.41, 5.74) is 1.03. The normalized spacial score (nSPS) is 18.3. The summed E-state index contributed by atoms with van der Waals surface area (Å²) < 4.78 is 4.98. The summed E-state index contributed by atoms with van der Waals surface area (Å²) in [6.45, 7) is 0. The molecule has 0 heterocycles. The number of rotatable bonds is 3. The molecule has 1 aromatic rings. The van der Waals surface area contributed by atoms with Gasteiger partial charge in [0.15, 0.2) is 0 Å². The molecule has 1 aromatic carbocycles. The van der Waals surface area contributed by atoms with Crippen molar-refractivity contribution in [3.8, 4) is 0 Å². The van der Waals surface area contributed by atoms with E-state index in [4.69, 9.17) is 16.3 Å². The monoisotopic (exact) mass is 266 g/mol. The minimum absolute atomic E-state index is 0.121. The van der Waals surface area contributed by atoms with Crippen molar-refractivity contribution in [2.75, 3.05) is 7.11 Å². The van der Waals surface area contributed by atoms with Gasteiger partial charge in [0, 0.05) is 5.02 Å². The number of halogens is 1. The van der Waals surface area contributed by atoms with E-state index >= 15 is 0 Å². The Kier molecular flexibility index (Phi) is 4.65. The summed E-state index contributed by atoms with van der Waals surface area (Å²) in [5, 5.41) is 0.700. The number of hydrogen-bond donors (Lipinski definition) is 0.